The van der Waals surface area contributed by atoms with E-state index in [4.69, 9.17) is 9.84 Å². The minimum atomic E-state index is -1.15. The van der Waals surface area contributed by atoms with Crippen molar-refractivity contribution in [2.24, 2.45) is 5.92 Å². The minimum Gasteiger partial charge on any atom is -0.480 e. The number of fused-ring (bicyclic) bond motifs is 3. The van der Waals surface area contributed by atoms with Gasteiger partial charge in [0.25, 0.3) is 0 Å². The van der Waals surface area contributed by atoms with Gasteiger partial charge in [-0.3, -0.25) is 9.59 Å². The molecule has 1 aliphatic rings. The Kier molecular flexibility index (Phi) is 6.40. The molecule has 0 heterocycles. The first-order valence-electron chi connectivity index (χ1n) is 9.94. The quantitative estimate of drug-likeness (QED) is 0.650. The van der Waals surface area contributed by atoms with Gasteiger partial charge in [0, 0.05) is 5.92 Å². The molecule has 2 aromatic rings. The fourth-order valence-corrected chi connectivity index (χ4v) is 3.67. The van der Waals surface area contributed by atoms with Crippen LogP contribution in [0.3, 0.4) is 0 Å². The van der Waals surface area contributed by atoms with E-state index in [2.05, 4.69) is 22.8 Å². The van der Waals surface area contributed by atoms with Crippen LogP contribution in [0, 0.1) is 5.92 Å². The SMILES string of the molecule is CC(NC(=O)[C@@H](NC(=O)OCC1c2ccccc2-c2ccccc21)C(C)C)C(=O)O. The third kappa shape index (κ3) is 4.45. The number of carbonyl (C=O) groups excluding carboxylic acids is 2. The van der Waals surface area contributed by atoms with Gasteiger partial charge in [-0.2, -0.15) is 0 Å². The maximum atomic E-state index is 12.4. The van der Waals surface area contributed by atoms with Crippen molar-refractivity contribution in [3.8, 4) is 11.1 Å². The predicted molar refractivity (Wildman–Crippen MR) is 112 cm³/mol. The second kappa shape index (κ2) is 8.98. The lowest BCUT2D eigenvalue weighted by molar-refractivity contribution is -0.141. The molecule has 1 aliphatic carbocycles. The number of hydrogen-bond donors (Lipinski definition) is 3. The van der Waals surface area contributed by atoms with Crippen LogP contribution in [0.2, 0.25) is 0 Å². The normalized spacial score (nSPS) is 14.4. The highest BCUT2D eigenvalue weighted by Crippen LogP contribution is 2.44. The lowest BCUT2D eigenvalue weighted by atomic mass is 9.98. The molecule has 158 valence electrons. The van der Waals surface area contributed by atoms with Gasteiger partial charge in [0.05, 0.1) is 0 Å². The Morgan fingerprint density at radius 3 is 1.97 bits per heavy atom. The maximum Gasteiger partial charge on any atom is 0.407 e. The topological polar surface area (TPSA) is 105 Å². The molecule has 0 aromatic heterocycles. The van der Waals surface area contributed by atoms with E-state index < -0.39 is 30.1 Å². The van der Waals surface area contributed by atoms with Crippen LogP contribution >= 0.6 is 0 Å². The van der Waals surface area contributed by atoms with E-state index in [1.165, 1.54) is 6.92 Å². The summed E-state index contributed by atoms with van der Waals surface area (Å²) in [6.45, 7) is 5.03. The molecule has 3 rings (SSSR count). The predicted octanol–water partition coefficient (Wildman–Crippen LogP) is 3.14. The van der Waals surface area contributed by atoms with Crippen molar-refractivity contribution in [3.05, 3.63) is 59.7 Å². The van der Waals surface area contributed by atoms with Crippen molar-refractivity contribution in [2.45, 2.75) is 38.8 Å². The van der Waals surface area contributed by atoms with Gasteiger partial charge in [-0.15, -0.1) is 0 Å². The number of aliphatic carboxylic acids is 1. The number of carboxylic acid groups (broad SMARTS) is 1. The minimum absolute atomic E-state index is 0.0819. The van der Waals surface area contributed by atoms with Crippen LogP contribution in [0.25, 0.3) is 11.1 Å². The second-order valence-corrected chi connectivity index (χ2v) is 7.76. The maximum absolute atomic E-state index is 12.4. The van der Waals surface area contributed by atoms with Gasteiger partial charge < -0.3 is 20.5 Å². The van der Waals surface area contributed by atoms with E-state index in [0.717, 1.165) is 22.3 Å². The fraction of sp³-hybridized carbons (Fsp3) is 0.348. The van der Waals surface area contributed by atoms with Gasteiger partial charge in [0.1, 0.15) is 18.7 Å². The van der Waals surface area contributed by atoms with Gasteiger partial charge in [-0.25, -0.2) is 4.79 Å². The molecular formula is C23H26N2O5. The number of carbonyl (C=O) groups is 3. The third-order valence-corrected chi connectivity index (χ3v) is 5.30. The number of carboxylic acids is 1. The van der Waals surface area contributed by atoms with Crippen LogP contribution in [-0.2, 0) is 14.3 Å². The summed E-state index contributed by atoms with van der Waals surface area (Å²) in [5.41, 5.74) is 4.45. The summed E-state index contributed by atoms with van der Waals surface area (Å²) < 4.78 is 5.48. The first-order valence-corrected chi connectivity index (χ1v) is 9.94. The number of benzene rings is 2. The number of nitrogens with one attached hydrogen (secondary N) is 2. The summed E-state index contributed by atoms with van der Waals surface area (Å²) in [7, 11) is 0. The monoisotopic (exact) mass is 410 g/mol. The van der Waals surface area contributed by atoms with E-state index in [-0.39, 0.29) is 18.4 Å². The van der Waals surface area contributed by atoms with Crippen LogP contribution in [0.15, 0.2) is 48.5 Å². The highest BCUT2D eigenvalue weighted by atomic mass is 16.5. The van der Waals surface area contributed by atoms with Gasteiger partial charge in [-0.1, -0.05) is 62.4 Å². The summed E-state index contributed by atoms with van der Waals surface area (Å²) in [4.78, 5) is 35.8. The molecule has 3 N–H and O–H groups in total. The van der Waals surface area contributed by atoms with Crippen LogP contribution < -0.4 is 10.6 Å². The molecule has 0 saturated heterocycles. The third-order valence-electron chi connectivity index (χ3n) is 5.30. The highest BCUT2D eigenvalue weighted by molar-refractivity contribution is 5.89. The smallest absolute Gasteiger partial charge is 0.407 e. The molecule has 0 fully saturated rings. The molecule has 2 aromatic carbocycles. The summed E-state index contributed by atoms with van der Waals surface area (Å²) in [6.07, 6.45) is -0.714. The Balaban J connectivity index is 1.66. The Hall–Kier alpha value is -3.35. The van der Waals surface area contributed by atoms with Crippen molar-refractivity contribution in [1.82, 2.24) is 10.6 Å². The molecule has 0 radical (unpaired) electrons. The number of amides is 2. The van der Waals surface area contributed by atoms with Gasteiger partial charge in [-0.05, 0) is 35.1 Å². The van der Waals surface area contributed by atoms with E-state index in [0.29, 0.717) is 0 Å². The molecule has 30 heavy (non-hydrogen) atoms. The Bertz CT molecular complexity index is 911. The van der Waals surface area contributed by atoms with Gasteiger partial charge in [0.2, 0.25) is 5.91 Å². The summed E-state index contributed by atoms with van der Waals surface area (Å²) in [6, 6.07) is 14.1. The van der Waals surface area contributed by atoms with Gasteiger partial charge in [0.15, 0.2) is 0 Å². The van der Waals surface area contributed by atoms with Crippen molar-refractivity contribution in [3.63, 3.8) is 0 Å². The summed E-state index contributed by atoms with van der Waals surface area (Å²) in [5.74, 6) is -2.03. The number of hydrogen-bond acceptors (Lipinski definition) is 4. The number of rotatable bonds is 7. The average Bonchev–Trinajstić information content (AvgIpc) is 3.04. The zero-order valence-electron chi connectivity index (χ0n) is 17.2. The molecule has 0 bridgehead atoms. The van der Waals surface area contributed by atoms with Crippen molar-refractivity contribution in [2.75, 3.05) is 6.61 Å². The summed E-state index contributed by atoms with van der Waals surface area (Å²) >= 11 is 0. The van der Waals surface area contributed by atoms with Crippen LogP contribution in [0.1, 0.15) is 37.8 Å². The lowest BCUT2D eigenvalue weighted by Gasteiger charge is -2.23. The van der Waals surface area contributed by atoms with E-state index in [1.807, 2.05) is 36.4 Å². The standard InChI is InChI=1S/C23H26N2O5/c1-13(2)20(21(26)24-14(3)22(27)28)25-23(29)30-12-19-17-10-6-4-8-15(17)16-9-5-7-11-18(16)19/h4-11,13-14,19-20H,12H2,1-3H3,(H,24,26)(H,25,29)(H,27,28)/t14?,20-/m0/s1. The molecule has 7 heteroatoms. The Morgan fingerprint density at radius 2 is 1.47 bits per heavy atom. The molecule has 0 saturated carbocycles. The molecule has 7 nitrogen and oxygen atoms in total. The van der Waals surface area contributed by atoms with E-state index in [9.17, 15) is 14.4 Å². The summed E-state index contributed by atoms with van der Waals surface area (Å²) in [5, 5.41) is 13.9. The van der Waals surface area contributed by atoms with Gasteiger partial charge >= 0.3 is 12.1 Å². The fourth-order valence-electron chi connectivity index (χ4n) is 3.67. The first kappa shape index (κ1) is 21.4. The number of alkyl carbamates (subject to hydrolysis) is 1. The molecule has 0 aliphatic heterocycles. The average molecular weight is 410 g/mol. The zero-order valence-corrected chi connectivity index (χ0v) is 17.2. The van der Waals surface area contributed by atoms with Crippen LogP contribution in [0.5, 0.6) is 0 Å². The molecule has 0 spiro atoms. The molecule has 2 amide bonds. The zero-order chi connectivity index (χ0) is 21.8. The van der Waals surface area contributed by atoms with E-state index >= 15 is 0 Å². The molecular weight excluding hydrogens is 384 g/mol. The van der Waals surface area contributed by atoms with Crippen molar-refractivity contribution in [1.29, 1.82) is 0 Å². The molecule has 2 atom stereocenters. The Labute approximate surface area is 175 Å². The van der Waals surface area contributed by atoms with Crippen molar-refractivity contribution < 1.29 is 24.2 Å². The van der Waals surface area contributed by atoms with Crippen molar-refractivity contribution >= 4 is 18.0 Å². The van der Waals surface area contributed by atoms with Crippen LogP contribution in [0.4, 0.5) is 4.79 Å². The number of ether oxygens (including phenoxy) is 1. The van der Waals surface area contributed by atoms with Crippen LogP contribution in [-0.4, -0.2) is 41.8 Å². The lowest BCUT2D eigenvalue weighted by Crippen LogP contribution is -2.53. The highest BCUT2D eigenvalue weighted by Gasteiger charge is 2.31. The Morgan fingerprint density at radius 1 is 0.933 bits per heavy atom. The largest absolute Gasteiger partial charge is 0.480 e. The molecule has 1 unspecified atom stereocenters. The second-order valence-electron chi connectivity index (χ2n) is 7.76. The first-order chi connectivity index (χ1) is 14.3. The van der Waals surface area contributed by atoms with E-state index in [1.54, 1.807) is 13.8 Å².